The molecule has 0 amide bonds. The number of hydrogen-bond acceptors (Lipinski definition) is 3. The number of furan rings is 1. The van der Waals surface area contributed by atoms with Crippen LogP contribution in [0.5, 0.6) is 0 Å². The van der Waals surface area contributed by atoms with Crippen LogP contribution in [0.1, 0.15) is 0 Å². The minimum Gasteiger partial charge on any atom is -0.449 e. The van der Waals surface area contributed by atoms with Crippen molar-refractivity contribution in [1.82, 2.24) is 9.97 Å². The normalized spacial score (nSPS) is 11.2. The molecule has 0 saturated carbocycles. The summed E-state index contributed by atoms with van der Waals surface area (Å²) in [4.78, 5) is 18.5. The van der Waals surface area contributed by atoms with Gasteiger partial charge >= 0.3 is 0 Å². The predicted octanol–water partition coefficient (Wildman–Crippen LogP) is 3.34. The molecule has 20 heavy (non-hydrogen) atoms. The fraction of sp³-hybridized carbons (Fsp3) is 0. The molecule has 0 bridgehead atoms. The maximum absolute atomic E-state index is 11.7. The first kappa shape index (κ1) is 11.0. The van der Waals surface area contributed by atoms with Gasteiger partial charge < -0.3 is 9.40 Å². The largest absolute Gasteiger partial charge is 0.449 e. The standard InChI is InChI=1S/C16H10N2O2/c19-16-15-14(17-9-18-16)12-8-11(6-7-13(12)20-15)10-4-2-1-3-5-10/h1-9H,(H,17,18,19). The summed E-state index contributed by atoms with van der Waals surface area (Å²) >= 11 is 0. The number of rotatable bonds is 1. The zero-order chi connectivity index (χ0) is 13.5. The highest BCUT2D eigenvalue weighted by Crippen LogP contribution is 2.29. The van der Waals surface area contributed by atoms with E-state index in [1.54, 1.807) is 0 Å². The maximum atomic E-state index is 11.7. The Balaban J connectivity index is 2.06. The topological polar surface area (TPSA) is 58.9 Å². The van der Waals surface area contributed by atoms with Gasteiger partial charge in [0.05, 0.1) is 6.33 Å². The molecule has 0 saturated heterocycles. The third kappa shape index (κ3) is 1.55. The van der Waals surface area contributed by atoms with Crippen LogP contribution in [0.3, 0.4) is 0 Å². The third-order valence-electron chi connectivity index (χ3n) is 3.36. The summed E-state index contributed by atoms with van der Waals surface area (Å²) in [5.41, 5.74) is 3.47. The molecule has 0 atom stereocenters. The number of benzene rings is 2. The fourth-order valence-corrected chi connectivity index (χ4v) is 2.40. The van der Waals surface area contributed by atoms with Gasteiger partial charge in [0.2, 0.25) is 5.58 Å². The van der Waals surface area contributed by atoms with Gasteiger partial charge in [-0.2, -0.15) is 0 Å². The van der Waals surface area contributed by atoms with Crippen LogP contribution >= 0.6 is 0 Å². The molecule has 0 aliphatic rings. The quantitative estimate of drug-likeness (QED) is 0.572. The molecular weight excluding hydrogens is 252 g/mol. The molecule has 0 spiro atoms. The van der Waals surface area contributed by atoms with Gasteiger partial charge in [-0.05, 0) is 23.3 Å². The van der Waals surface area contributed by atoms with Crippen LogP contribution in [0.4, 0.5) is 0 Å². The van der Waals surface area contributed by atoms with E-state index in [0.717, 1.165) is 16.5 Å². The van der Waals surface area contributed by atoms with Crippen LogP contribution < -0.4 is 5.56 Å². The lowest BCUT2D eigenvalue weighted by Gasteiger charge is -2.00. The first-order chi connectivity index (χ1) is 9.83. The van der Waals surface area contributed by atoms with E-state index in [0.29, 0.717) is 11.1 Å². The summed E-state index contributed by atoms with van der Waals surface area (Å²) in [6.07, 6.45) is 1.40. The fourth-order valence-electron chi connectivity index (χ4n) is 2.40. The summed E-state index contributed by atoms with van der Waals surface area (Å²) in [5, 5.41) is 0.854. The van der Waals surface area contributed by atoms with Crippen LogP contribution in [0.25, 0.3) is 33.2 Å². The smallest absolute Gasteiger partial charge is 0.294 e. The van der Waals surface area contributed by atoms with Crippen LogP contribution in [-0.4, -0.2) is 9.97 Å². The van der Waals surface area contributed by atoms with Crippen LogP contribution in [0.2, 0.25) is 0 Å². The van der Waals surface area contributed by atoms with Gasteiger partial charge in [0.15, 0.2) is 0 Å². The van der Waals surface area contributed by atoms with E-state index < -0.39 is 0 Å². The average molecular weight is 262 g/mol. The number of fused-ring (bicyclic) bond motifs is 3. The van der Waals surface area contributed by atoms with Gasteiger partial charge in [-0.25, -0.2) is 4.98 Å². The molecular formula is C16H10N2O2. The average Bonchev–Trinajstić information content (AvgIpc) is 2.88. The number of hydrogen-bond donors (Lipinski definition) is 1. The number of nitrogens with zero attached hydrogens (tertiary/aromatic N) is 1. The van der Waals surface area contributed by atoms with E-state index in [-0.39, 0.29) is 11.1 Å². The Morgan fingerprint density at radius 2 is 1.85 bits per heavy atom. The Kier molecular flexibility index (Phi) is 2.23. The summed E-state index contributed by atoms with van der Waals surface area (Å²) < 4.78 is 5.57. The van der Waals surface area contributed by atoms with Crippen molar-refractivity contribution in [2.24, 2.45) is 0 Å². The summed E-state index contributed by atoms with van der Waals surface area (Å²) in [6.45, 7) is 0. The third-order valence-corrected chi connectivity index (χ3v) is 3.36. The van der Waals surface area contributed by atoms with Gasteiger partial charge in [-0.15, -0.1) is 0 Å². The van der Waals surface area contributed by atoms with Crippen molar-refractivity contribution < 1.29 is 4.42 Å². The zero-order valence-corrected chi connectivity index (χ0v) is 10.5. The van der Waals surface area contributed by atoms with Gasteiger partial charge in [0, 0.05) is 5.39 Å². The lowest BCUT2D eigenvalue weighted by atomic mass is 10.0. The second-order valence-electron chi connectivity index (χ2n) is 4.59. The van der Waals surface area contributed by atoms with E-state index in [4.69, 9.17) is 4.42 Å². The predicted molar refractivity (Wildman–Crippen MR) is 77.6 cm³/mol. The van der Waals surface area contributed by atoms with Gasteiger partial charge in [-0.3, -0.25) is 4.79 Å². The summed E-state index contributed by atoms with van der Waals surface area (Å²) in [6, 6.07) is 15.9. The van der Waals surface area contributed by atoms with Gasteiger partial charge in [0.25, 0.3) is 5.56 Å². The number of nitrogens with one attached hydrogen (secondary N) is 1. The van der Waals surface area contributed by atoms with E-state index >= 15 is 0 Å². The molecule has 2 heterocycles. The highest BCUT2D eigenvalue weighted by Gasteiger charge is 2.11. The molecule has 96 valence electrons. The van der Waals surface area contributed by atoms with E-state index in [2.05, 4.69) is 9.97 Å². The monoisotopic (exact) mass is 262 g/mol. The Morgan fingerprint density at radius 1 is 1.00 bits per heavy atom. The van der Waals surface area contributed by atoms with E-state index in [1.807, 2.05) is 48.5 Å². The Morgan fingerprint density at radius 3 is 2.70 bits per heavy atom. The van der Waals surface area contributed by atoms with Gasteiger partial charge in [-0.1, -0.05) is 36.4 Å². The number of aromatic nitrogens is 2. The van der Waals surface area contributed by atoms with Crippen LogP contribution in [0.15, 0.2) is 64.1 Å². The van der Waals surface area contributed by atoms with Crippen molar-refractivity contribution in [2.45, 2.75) is 0 Å². The minimum atomic E-state index is -0.257. The molecule has 4 rings (SSSR count). The second kappa shape index (κ2) is 4.06. The second-order valence-corrected chi connectivity index (χ2v) is 4.59. The van der Waals surface area contributed by atoms with Gasteiger partial charge in [0.1, 0.15) is 11.1 Å². The molecule has 0 aliphatic heterocycles. The Labute approximate surface area is 113 Å². The first-order valence-electron chi connectivity index (χ1n) is 6.28. The Hall–Kier alpha value is -2.88. The van der Waals surface area contributed by atoms with Crippen LogP contribution in [-0.2, 0) is 0 Å². The molecule has 0 radical (unpaired) electrons. The van der Waals surface area contributed by atoms with Crippen molar-refractivity contribution in [3.05, 3.63) is 65.2 Å². The molecule has 2 aromatic heterocycles. The SMILES string of the molecule is O=c1[nH]cnc2c1oc1ccc(-c3ccccc3)cc12. The molecule has 4 nitrogen and oxygen atoms in total. The van der Waals surface area contributed by atoms with Crippen molar-refractivity contribution >= 4 is 22.1 Å². The zero-order valence-electron chi connectivity index (χ0n) is 10.5. The molecule has 4 aromatic rings. The molecule has 0 fully saturated rings. The molecule has 2 aromatic carbocycles. The molecule has 1 N–H and O–H groups in total. The van der Waals surface area contributed by atoms with Crippen molar-refractivity contribution in [2.75, 3.05) is 0 Å². The first-order valence-corrected chi connectivity index (χ1v) is 6.28. The van der Waals surface area contributed by atoms with Crippen molar-refractivity contribution in [1.29, 1.82) is 0 Å². The maximum Gasteiger partial charge on any atom is 0.294 e. The molecule has 0 unspecified atom stereocenters. The number of aromatic amines is 1. The van der Waals surface area contributed by atoms with E-state index in [9.17, 15) is 4.79 Å². The summed E-state index contributed by atoms with van der Waals surface area (Å²) in [5.74, 6) is 0. The summed E-state index contributed by atoms with van der Waals surface area (Å²) in [7, 11) is 0. The van der Waals surface area contributed by atoms with Crippen molar-refractivity contribution in [3.8, 4) is 11.1 Å². The lowest BCUT2D eigenvalue weighted by molar-refractivity contribution is 0.661. The highest BCUT2D eigenvalue weighted by molar-refractivity contribution is 6.03. The number of H-pyrrole nitrogens is 1. The van der Waals surface area contributed by atoms with Crippen molar-refractivity contribution in [3.63, 3.8) is 0 Å². The van der Waals surface area contributed by atoms with E-state index in [1.165, 1.54) is 6.33 Å². The molecule has 0 aliphatic carbocycles. The van der Waals surface area contributed by atoms with Crippen LogP contribution in [0, 0.1) is 0 Å². The Bertz CT molecular complexity index is 968. The highest BCUT2D eigenvalue weighted by atomic mass is 16.3. The molecule has 4 heteroatoms. The minimum absolute atomic E-state index is 0.257. The lowest BCUT2D eigenvalue weighted by Crippen LogP contribution is -2.03.